The molecular weight excluding hydrogens is 252 g/mol. The Hall–Kier alpha value is -1.09. The number of fused-ring (bicyclic) bond motifs is 1. The first-order valence-electron chi connectivity index (χ1n) is 5.05. The van der Waals surface area contributed by atoms with Crippen molar-refractivity contribution < 1.29 is 0 Å². The molecule has 0 spiro atoms. The van der Waals surface area contributed by atoms with Gasteiger partial charge < -0.3 is 5.73 Å². The first-order chi connectivity index (χ1) is 7.20. The van der Waals surface area contributed by atoms with Crippen LogP contribution in [0.25, 0.3) is 10.9 Å². The molecule has 2 nitrogen and oxygen atoms in total. The minimum Gasteiger partial charge on any atom is -0.398 e. The summed E-state index contributed by atoms with van der Waals surface area (Å²) in [6, 6.07) is 7.96. The van der Waals surface area contributed by atoms with Gasteiger partial charge in [0, 0.05) is 21.2 Å². The van der Waals surface area contributed by atoms with Gasteiger partial charge in [-0.3, -0.25) is 4.98 Å². The van der Waals surface area contributed by atoms with Crippen molar-refractivity contribution in [2.75, 3.05) is 5.73 Å². The number of nitrogen functional groups attached to an aromatic ring is 1. The Morgan fingerprint density at radius 1 is 1.33 bits per heavy atom. The number of rotatable bonds is 2. The molecule has 0 aliphatic heterocycles. The van der Waals surface area contributed by atoms with E-state index in [0.717, 1.165) is 39.6 Å². The number of halogens is 1. The van der Waals surface area contributed by atoms with E-state index in [-0.39, 0.29) is 0 Å². The number of aromatic nitrogens is 1. The van der Waals surface area contributed by atoms with Crippen molar-refractivity contribution in [3.8, 4) is 0 Å². The van der Waals surface area contributed by atoms with Crippen LogP contribution < -0.4 is 5.73 Å². The Labute approximate surface area is 97.6 Å². The molecule has 0 bridgehead atoms. The second-order valence-electron chi connectivity index (χ2n) is 3.61. The highest BCUT2D eigenvalue weighted by Gasteiger charge is 2.03. The lowest BCUT2D eigenvalue weighted by molar-refractivity contribution is 0.890. The molecule has 1 heterocycles. The van der Waals surface area contributed by atoms with Gasteiger partial charge in [-0.1, -0.05) is 29.3 Å². The number of aryl methyl sites for hydroxylation is 1. The monoisotopic (exact) mass is 264 g/mol. The second-order valence-corrected chi connectivity index (χ2v) is 4.53. The summed E-state index contributed by atoms with van der Waals surface area (Å²) >= 11 is 3.44. The third kappa shape index (κ3) is 2.12. The Morgan fingerprint density at radius 3 is 2.87 bits per heavy atom. The van der Waals surface area contributed by atoms with Gasteiger partial charge in [0.25, 0.3) is 0 Å². The van der Waals surface area contributed by atoms with E-state index >= 15 is 0 Å². The maximum atomic E-state index is 5.98. The summed E-state index contributed by atoms with van der Waals surface area (Å²) in [6.45, 7) is 2.14. The van der Waals surface area contributed by atoms with E-state index < -0.39 is 0 Å². The molecule has 0 saturated heterocycles. The normalized spacial score (nSPS) is 10.8. The fourth-order valence-corrected chi connectivity index (χ4v) is 2.02. The predicted molar refractivity (Wildman–Crippen MR) is 67.9 cm³/mol. The molecule has 0 aliphatic carbocycles. The fourth-order valence-electron chi connectivity index (χ4n) is 1.67. The molecule has 0 aliphatic rings. The molecule has 2 aromatic rings. The fraction of sp³-hybridized carbons (Fsp3) is 0.250. The smallest absolute Gasteiger partial charge is 0.0737 e. The highest BCUT2D eigenvalue weighted by atomic mass is 79.9. The van der Waals surface area contributed by atoms with Gasteiger partial charge in [0.15, 0.2) is 0 Å². The molecule has 15 heavy (non-hydrogen) atoms. The molecule has 0 saturated carbocycles. The quantitative estimate of drug-likeness (QED) is 0.902. The largest absolute Gasteiger partial charge is 0.398 e. The average molecular weight is 265 g/mol. The molecule has 1 aromatic heterocycles. The average Bonchev–Trinajstić information content (AvgIpc) is 2.17. The summed E-state index contributed by atoms with van der Waals surface area (Å²) in [4.78, 5) is 4.58. The number of hydrogen-bond donors (Lipinski definition) is 1. The van der Waals surface area contributed by atoms with Gasteiger partial charge in [0.05, 0.1) is 5.52 Å². The van der Waals surface area contributed by atoms with E-state index in [4.69, 9.17) is 5.73 Å². The van der Waals surface area contributed by atoms with E-state index in [1.807, 2.05) is 24.3 Å². The highest BCUT2D eigenvalue weighted by molar-refractivity contribution is 9.10. The van der Waals surface area contributed by atoms with E-state index in [1.165, 1.54) is 0 Å². The summed E-state index contributed by atoms with van der Waals surface area (Å²) in [7, 11) is 0. The van der Waals surface area contributed by atoms with Crippen molar-refractivity contribution >= 4 is 32.5 Å². The van der Waals surface area contributed by atoms with Crippen LogP contribution in [0.3, 0.4) is 0 Å². The number of anilines is 1. The van der Waals surface area contributed by atoms with Gasteiger partial charge in [-0.25, -0.2) is 0 Å². The minimum absolute atomic E-state index is 0.816. The van der Waals surface area contributed by atoms with Crippen molar-refractivity contribution in [3.63, 3.8) is 0 Å². The molecule has 2 rings (SSSR count). The highest BCUT2D eigenvalue weighted by Crippen LogP contribution is 2.24. The topological polar surface area (TPSA) is 38.9 Å². The van der Waals surface area contributed by atoms with Gasteiger partial charge in [-0.2, -0.15) is 0 Å². The second kappa shape index (κ2) is 4.19. The minimum atomic E-state index is 0.816. The van der Waals surface area contributed by atoms with Gasteiger partial charge in [-0.15, -0.1) is 0 Å². The van der Waals surface area contributed by atoms with Crippen molar-refractivity contribution in [3.05, 3.63) is 34.4 Å². The summed E-state index contributed by atoms with van der Waals surface area (Å²) in [5, 5.41) is 1.03. The lowest BCUT2D eigenvalue weighted by Gasteiger charge is -2.05. The van der Waals surface area contributed by atoms with Crippen molar-refractivity contribution in [1.82, 2.24) is 4.98 Å². The molecule has 78 valence electrons. The molecular formula is C12H13BrN2. The first kappa shape index (κ1) is 10.4. The Bertz CT molecular complexity index is 494. The van der Waals surface area contributed by atoms with Crippen LogP contribution in [0.2, 0.25) is 0 Å². The Morgan fingerprint density at radius 2 is 2.13 bits per heavy atom. The summed E-state index contributed by atoms with van der Waals surface area (Å²) in [5.41, 5.74) is 8.83. The van der Waals surface area contributed by atoms with Gasteiger partial charge >= 0.3 is 0 Å². The zero-order valence-corrected chi connectivity index (χ0v) is 10.2. The molecule has 2 N–H and O–H groups in total. The number of hydrogen-bond acceptors (Lipinski definition) is 2. The lowest BCUT2D eigenvalue weighted by Crippen LogP contribution is -1.95. The van der Waals surface area contributed by atoms with Gasteiger partial charge in [0.2, 0.25) is 0 Å². The molecule has 0 atom stereocenters. The van der Waals surface area contributed by atoms with Crippen LogP contribution in [0.4, 0.5) is 5.69 Å². The molecule has 1 aromatic carbocycles. The molecule has 0 fully saturated rings. The summed E-state index contributed by atoms with van der Waals surface area (Å²) in [5.74, 6) is 0. The zero-order chi connectivity index (χ0) is 10.8. The number of benzene rings is 1. The maximum Gasteiger partial charge on any atom is 0.0737 e. The van der Waals surface area contributed by atoms with Crippen molar-refractivity contribution in [1.29, 1.82) is 0 Å². The van der Waals surface area contributed by atoms with Crippen LogP contribution in [-0.2, 0) is 6.42 Å². The van der Waals surface area contributed by atoms with Crippen LogP contribution in [-0.4, -0.2) is 4.98 Å². The SMILES string of the molecule is CCCc1cc(N)c2ccc(Br)cc2n1. The number of pyridine rings is 1. The van der Waals surface area contributed by atoms with Crippen molar-refractivity contribution in [2.24, 2.45) is 0 Å². The molecule has 0 radical (unpaired) electrons. The number of nitrogens with two attached hydrogens (primary N) is 1. The lowest BCUT2D eigenvalue weighted by atomic mass is 10.1. The molecule has 0 amide bonds. The maximum absolute atomic E-state index is 5.98. The van der Waals surface area contributed by atoms with E-state index in [2.05, 4.69) is 27.8 Å². The Kier molecular flexibility index (Phi) is 2.91. The van der Waals surface area contributed by atoms with Gasteiger partial charge in [0.1, 0.15) is 0 Å². The summed E-state index contributed by atoms with van der Waals surface area (Å²) < 4.78 is 1.04. The number of nitrogens with zero attached hydrogens (tertiary/aromatic N) is 1. The van der Waals surface area contributed by atoms with Crippen LogP contribution >= 0.6 is 15.9 Å². The van der Waals surface area contributed by atoms with Crippen LogP contribution in [0.15, 0.2) is 28.7 Å². The van der Waals surface area contributed by atoms with Crippen molar-refractivity contribution in [2.45, 2.75) is 19.8 Å². The van der Waals surface area contributed by atoms with E-state index in [0.29, 0.717) is 0 Å². The third-order valence-corrected chi connectivity index (χ3v) is 2.86. The van der Waals surface area contributed by atoms with Crippen LogP contribution in [0, 0.1) is 0 Å². The van der Waals surface area contributed by atoms with Crippen LogP contribution in [0.5, 0.6) is 0 Å². The summed E-state index contributed by atoms with van der Waals surface area (Å²) in [6.07, 6.45) is 2.07. The Balaban J connectivity index is 2.63. The zero-order valence-electron chi connectivity index (χ0n) is 8.63. The molecule has 3 heteroatoms. The third-order valence-electron chi connectivity index (χ3n) is 2.36. The van der Waals surface area contributed by atoms with E-state index in [1.54, 1.807) is 0 Å². The standard InChI is InChI=1S/C12H13BrN2/c1-2-3-9-7-11(14)10-5-4-8(13)6-12(10)15-9/h4-7H,2-3H2,1H3,(H2,14,15). The van der Waals surface area contributed by atoms with E-state index in [9.17, 15) is 0 Å². The van der Waals surface area contributed by atoms with Crippen LogP contribution in [0.1, 0.15) is 19.0 Å². The predicted octanol–water partition coefficient (Wildman–Crippen LogP) is 3.53. The molecule has 0 unspecified atom stereocenters. The first-order valence-corrected chi connectivity index (χ1v) is 5.84. The van der Waals surface area contributed by atoms with Gasteiger partial charge in [-0.05, 0) is 30.7 Å².